The lowest BCUT2D eigenvalue weighted by atomic mass is 10.0. The van der Waals surface area contributed by atoms with Crippen molar-refractivity contribution in [1.29, 1.82) is 0 Å². The summed E-state index contributed by atoms with van der Waals surface area (Å²) in [4.78, 5) is 29.1. The van der Waals surface area contributed by atoms with Gasteiger partial charge in [-0.05, 0) is 46.3 Å². The van der Waals surface area contributed by atoms with Crippen LogP contribution < -0.4 is 10.2 Å². The Morgan fingerprint density at radius 2 is 1.78 bits per heavy atom. The summed E-state index contributed by atoms with van der Waals surface area (Å²) in [6, 6.07) is 26.4. The Balaban J connectivity index is 1.37. The quantitative estimate of drug-likeness (QED) is 0.104. The molecule has 0 unspecified atom stereocenters. The number of ether oxygens (including phenoxy) is 1. The van der Waals surface area contributed by atoms with Gasteiger partial charge in [-0.15, -0.1) is 0 Å². The number of amides is 1. The maximum absolute atomic E-state index is 13.2. The molecule has 8 nitrogen and oxygen atoms in total. The first-order valence-electron chi connectivity index (χ1n) is 12.1. The number of aromatic nitrogens is 1. The molecule has 1 heterocycles. The Kier molecular flexibility index (Phi) is 8.58. The van der Waals surface area contributed by atoms with E-state index in [0.29, 0.717) is 47.8 Å². The molecule has 1 amide bonds. The van der Waals surface area contributed by atoms with Crippen LogP contribution in [0.15, 0.2) is 101 Å². The molecule has 11 heteroatoms. The number of carbonyl (C=O) groups is 1. The van der Waals surface area contributed by atoms with Gasteiger partial charge in [0.25, 0.3) is 5.91 Å². The minimum Gasteiger partial charge on any atom is -0.481 e. The van der Waals surface area contributed by atoms with Gasteiger partial charge in [0.2, 0.25) is 5.75 Å². The zero-order chi connectivity index (χ0) is 28.9. The first-order chi connectivity index (χ1) is 19.8. The van der Waals surface area contributed by atoms with Gasteiger partial charge >= 0.3 is 5.69 Å². The van der Waals surface area contributed by atoms with Crippen molar-refractivity contribution < 1.29 is 14.5 Å². The smallest absolute Gasteiger partial charge is 0.312 e. The zero-order valence-corrected chi connectivity index (χ0v) is 24.2. The van der Waals surface area contributed by atoms with Crippen LogP contribution >= 0.6 is 39.1 Å². The van der Waals surface area contributed by atoms with Gasteiger partial charge in [0.05, 0.1) is 32.4 Å². The number of benzene rings is 4. The third kappa shape index (κ3) is 6.54. The summed E-state index contributed by atoms with van der Waals surface area (Å²) >= 11 is 15.5. The number of pyridine rings is 1. The molecule has 0 aliphatic heterocycles. The van der Waals surface area contributed by atoms with E-state index in [2.05, 4.69) is 26.5 Å². The van der Waals surface area contributed by atoms with Gasteiger partial charge in [0.1, 0.15) is 6.61 Å². The van der Waals surface area contributed by atoms with Crippen LogP contribution in [0, 0.1) is 10.1 Å². The second kappa shape index (κ2) is 12.5. The number of hydrazone groups is 1. The molecule has 0 saturated carbocycles. The summed E-state index contributed by atoms with van der Waals surface area (Å²) in [7, 11) is 0. The van der Waals surface area contributed by atoms with Gasteiger partial charge in [-0.1, -0.05) is 77.8 Å². The van der Waals surface area contributed by atoms with E-state index in [4.69, 9.17) is 32.9 Å². The summed E-state index contributed by atoms with van der Waals surface area (Å²) in [5.74, 6) is -0.427. The predicted molar refractivity (Wildman–Crippen MR) is 164 cm³/mol. The van der Waals surface area contributed by atoms with Crippen LogP contribution in [-0.4, -0.2) is 22.0 Å². The Morgan fingerprint density at radius 3 is 2.54 bits per heavy atom. The van der Waals surface area contributed by atoms with E-state index in [1.807, 2.05) is 54.6 Å². The molecule has 0 radical (unpaired) electrons. The lowest BCUT2D eigenvalue weighted by Gasteiger charge is -2.11. The van der Waals surface area contributed by atoms with Crippen molar-refractivity contribution in [3.05, 3.63) is 132 Å². The van der Waals surface area contributed by atoms with Crippen molar-refractivity contribution >= 4 is 67.8 Å². The second-order valence-electron chi connectivity index (χ2n) is 8.77. The van der Waals surface area contributed by atoms with E-state index >= 15 is 0 Å². The minimum absolute atomic E-state index is 0.0101. The highest BCUT2D eigenvalue weighted by Gasteiger charge is 2.21. The molecular formula is C30H19BrCl2N4O4. The number of rotatable bonds is 8. The van der Waals surface area contributed by atoms with E-state index in [1.165, 1.54) is 12.3 Å². The fourth-order valence-electron chi connectivity index (χ4n) is 4.09. The summed E-state index contributed by atoms with van der Waals surface area (Å²) in [6.45, 7) is -0.0101. The number of fused-ring (bicyclic) bond motifs is 1. The Morgan fingerprint density at radius 1 is 1.02 bits per heavy atom. The first-order valence-corrected chi connectivity index (χ1v) is 13.7. The van der Waals surface area contributed by atoms with Crippen LogP contribution in [0.3, 0.4) is 0 Å². The van der Waals surface area contributed by atoms with Crippen molar-refractivity contribution in [2.24, 2.45) is 5.10 Å². The van der Waals surface area contributed by atoms with Gasteiger partial charge in [-0.25, -0.2) is 10.4 Å². The molecule has 0 atom stereocenters. The highest BCUT2D eigenvalue weighted by Crippen LogP contribution is 2.37. The molecule has 0 fully saturated rings. The average Bonchev–Trinajstić information content (AvgIpc) is 2.97. The van der Waals surface area contributed by atoms with Crippen LogP contribution in [0.25, 0.3) is 22.2 Å². The Hall–Kier alpha value is -4.31. The number of para-hydroxylation sites is 1. The minimum atomic E-state index is -0.562. The molecule has 0 bridgehead atoms. The average molecular weight is 650 g/mol. The Bertz CT molecular complexity index is 1820. The molecule has 0 spiro atoms. The molecule has 5 aromatic rings. The lowest BCUT2D eigenvalue weighted by Crippen LogP contribution is -2.18. The summed E-state index contributed by atoms with van der Waals surface area (Å²) in [5, 5.41) is 17.4. The number of hydrogen-bond acceptors (Lipinski definition) is 6. The van der Waals surface area contributed by atoms with Crippen LogP contribution in [0.4, 0.5) is 5.69 Å². The summed E-state index contributed by atoms with van der Waals surface area (Å²) < 4.78 is 6.07. The van der Waals surface area contributed by atoms with E-state index in [1.54, 1.807) is 30.3 Å². The SMILES string of the molecule is O=C(N/N=C\c1cc(Br)c(OCc2ccc(Cl)cc2Cl)c([N+](=O)[O-])c1)c1cc(-c2ccccc2)nc2ccccc12. The standard InChI is InChI=1S/C30H19BrCl2N4O4/c31-24-12-18(13-28(37(39)40)29(24)41-17-20-10-11-21(32)14-25(20)33)16-34-36-30(38)23-15-27(19-6-2-1-3-7-19)35-26-9-5-4-8-22(23)26/h1-16H,17H2,(H,36,38)/b34-16-. The molecule has 5 rings (SSSR count). The topological polar surface area (TPSA) is 107 Å². The molecule has 1 aromatic heterocycles. The van der Waals surface area contributed by atoms with E-state index in [-0.39, 0.29) is 18.0 Å². The largest absolute Gasteiger partial charge is 0.481 e. The fraction of sp³-hybridized carbons (Fsp3) is 0.0333. The maximum atomic E-state index is 13.2. The van der Waals surface area contributed by atoms with Crippen LogP contribution in [0.2, 0.25) is 10.0 Å². The first kappa shape index (κ1) is 28.2. The molecule has 204 valence electrons. The zero-order valence-electron chi connectivity index (χ0n) is 21.1. The predicted octanol–water partition coefficient (Wildman–Crippen LogP) is 8.22. The number of nitrogens with one attached hydrogen (secondary N) is 1. The van der Waals surface area contributed by atoms with Crippen LogP contribution in [-0.2, 0) is 6.61 Å². The van der Waals surface area contributed by atoms with Crippen molar-refractivity contribution in [3.63, 3.8) is 0 Å². The summed E-state index contributed by atoms with van der Waals surface area (Å²) in [5.41, 5.74) is 5.79. The normalized spacial score (nSPS) is 11.1. The number of nitro benzene ring substituents is 1. The molecule has 0 aliphatic rings. The molecule has 1 N–H and O–H groups in total. The molecule has 4 aromatic carbocycles. The van der Waals surface area contributed by atoms with Gasteiger partial charge in [0.15, 0.2) is 0 Å². The van der Waals surface area contributed by atoms with Gasteiger partial charge < -0.3 is 4.74 Å². The number of halogens is 3. The lowest BCUT2D eigenvalue weighted by molar-refractivity contribution is -0.386. The molecule has 0 saturated heterocycles. The van der Waals surface area contributed by atoms with E-state index < -0.39 is 10.8 Å². The van der Waals surface area contributed by atoms with Crippen molar-refractivity contribution in [3.8, 4) is 17.0 Å². The molecule has 41 heavy (non-hydrogen) atoms. The number of nitrogens with zero attached hydrogens (tertiary/aromatic N) is 3. The van der Waals surface area contributed by atoms with E-state index in [0.717, 1.165) is 5.56 Å². The van der Waals surface area contributed by atoms with Gasteiger partial charge in [-0.3, -0.25) is 14.9 Å². The van der Waals surface area contributed by atoms with Gasteiger partial charge in [-0.2, -0.15) is 5.10 Å². The molecule has 0 aliphatic carbocycles. The highest BCUT2D eigenvalue weighted by molar-refractivity contribution is 9.10. The van der Waals surface area contributed by atoms with Crippen LogP contribution in [0.5, 0.6) is 5.75 Å². The maximum Gasteiger partial charge on any atom is 0.312 e. The summed E-state index contributed by atoms with van der Waals surface area (Å²) in [6.07, 6.45) is 1.32. The number of hydrogen-bond donors (Lipinski definition) is 1. The fourth-order valence-corrected chi connectivity index (χ4v) is 5.13. The monoisotopic (exact) mass is 648 g/mol. The van der Waals surface area contributed by atoms with Crippen molar-refractivity contribution in [2.75, 3.05) is 0 Å². The number of carbonyl (C=O) groups excluding carboxylic acids is 1. The third-order valence-electron chi connectivity index (χ3n) is 6.04. The van der Waals surface area contributed by atoms with Crippen molar-refractivity contribution in [1.82, 2.24) is 10.4 Å². The second-order valence-corrected chi connectivity index (χ2v) is 10.5. The van der Waals surface area contributed by atoms with Crippen molar-refractivity contribution in [2.45, 2.75) is 6.61 Å². The number of nitro groups is 1. The van der Waals surface area contributed by atoms with Gasteiger partial charge in [0, 0.05) is 38.2 Å². The highest BCUT2D eigenvalue weighted by atomic mass is 79.9. The van der Waals surface area contributed by atoms with Crippen LogP contribution in [0.1, 0.15) is 21.5 Å². The molecular weight excluding hydrogens is 631 g/mol. The third-order valence-corrected chi connectivity index (χ3v) is 7.22. The Labute approximate surface area is 252 Å². The van der Waals surface area contributed by atoms with E-state index in [9.17, 15) is 14.9 Å².